The van der Waals surface area contributed by atoms with Gasteiger partial charge in [0.05, 0.1) is 9.62 Å². The Hall–Kier alpha value is 0.170. The Morgan fingerprint density at radius 2 is 2.30 bits per heavy atom. The Morgan fingerprint density at radius 3 is 2.70 bits per heavy atom. The van der Waals surface area contributed by atoms with Gasteiger partial charge in [-0.1, -0.05) is 40.3 Å². The van der Waals surface area contributed by atoms with E-state index in [0.717, 1.165) is 5.69 Å². The molecule has 0 aliphatic heterocycles. The summed E-state index contributed by atoms with van der Waals surface area (Å²) in [5.74, 6) is 0. The van der Waals surface area contributed by atoms with Gasteiger partial charge in [-0.25, -0.2) is 4.98 Å². The van der Waals surface area contributed by atoms with Crippen LogP contribution in [0.4, 0.5) is 0 Å². The maximum Gasteiger partial charge on any atom is 0.129 e. The molecule has 0 aromatic carbocycles. The fourth-order valence-electron chi connectivity index (χ4n) is 0.646. The SMILES string of the molecule is CC(I)c1cccc(Cl)n1. The molecule has 1 unspecified atom stereocenters. The lowest BCUT2D eigenvalue weighted by Crippen LogP contribution is -1.87. The first-order valence-corrected chi connectivity index (χ1v) is 4.59. The molecule has 0 aliphatic carbocycles. The van der Waals surface area contributed by atoms with Crippen molar-refractivity contribution in [3.05, 3.63) is 29.0 Å². The molecule has 1 rings (SSSR count). The van der Waals surface area contributed by atoms with Gasteiger partial charge in [0.1, 0.15) is 5.15 Å². The first kappa shape index (κ1) is 8.27. The van der Waals surface area contributed by atoms with Gasteiger partial charge < -0.3 is 0 Å². The molecule has 10 heavy (non-hydrogen) atoms. The van der Waals surface area contributed by atoms with Gasteiger partial charge in [0.15, 0.2) is 0 Å². The first-order valence-electron chi connectivity index (χ1n) is 2.96. The third kappa shape index (κ3) is 2.09. The predicted molar refractivity (Wildman–Crippen MR) is 51.7 cm³/mol. The topological polar surface area (TPSA) is 12.9 Å². The minimum atomic E-state index is 0.427. The molecule has 54 valence electrons. The maximum atomic E-state index is 5.67. The molecular formula is C7H7ClIN. The zero-order valence-corrected chi connectivity index (χ0v) is 8.43. The summed E-state index contributed by atoms with van der Waals surface area (Å²) in [5.41, 5.74) is 1.04. The van der Waals surface area contributed by atoms with Crippen LogP contribution in [-0.4, -0.2) is 4.98 Å². The standard InChI is InChI=1S/C7H7ClIN/c1-5(9)6-3-2-4-7(8)10-6/h2-5H,1H3. The zero-order chi connectivity index (χ0) is 7.56. The van der Waals surface area contributed by atoms with E-state index in [2.05, 4.69) is 34.5 Å². The molecule has 0 amide bonds. The molecular weight excluding hydrogens is 260 g/mol. The van der Waals surface area contributed by atoms with Crippen molar-refractivity contribution in [2.75, 3.05) is 0 Å². The van der Waals surface area contributed by atoms with Crippen LogP contribution in [0.1, 0.15) is 16.5 Å². The highest BCUT2D eigenvalue weighted by atomic mass is 127. The summed E-state index contributed by atoms with van der Waals surface area (Å²) in [6, 6.07) is 5.67. The van der Waals surface area contributed by atoms with Gasteiger partial charge in [-0.3, -0.25) is 0 Å². The van der Waals surface area contributed by atoms with E-state index in [1.54, 1.807) is 6.07 Å². The van der Waals surface area contributed by atoms with Crippen molar-refractivity contribution >= 4 is 34.2 Å². The molecule has 1 nitrogen and oxygen atoms in total. The summed E-state index contributed by atoms with van der Waals surface area (Å²) in [7, 11) is 0. The number of pyridine rings is 1. The minimum Gasteiger partial charge on any atom is -0.240 e. The molecule has 0 bridgehead atoms. The summed E-state index contributed by atoms with van der Waals surface area (Å²) in [6.45, 7) is 2.08. The van der Waals surface area contributed by atoms with Crippen LogP contribution in [-0.2, 0) is 0 Å². The van der Waals surface area contributed by atoms with Crippen LogP contribution in [0.25, 0.3) is 0 Å². The molecule has 1 aromatic rings. The second-order valence-electron chi connectivity index (χ2n) is 2.00. The van der Waals surface area contributed by atoms with Crippen molar-refractivity contribution in [2.24, 2.45) is 0 Å². The van der Waals surface area contributed by atoms with Crippen LogP contribution in [0.15, 0.2) is 18.2 Å². The third-order valence-electron chi connectivity index (χ3n) is 1.14. The number of halogens is 2. The predicted octanol–water partition coefficient (Wildman–Crippen LogP) is 3.23. The van der Waals surface area contributed by atoms with E-state index in [1.807, 2.05) is 12.1 Å². The maximum absolute atomic E-state index is 5.67. The average Bonchev–Trinajstić information content (AvgIpc) is 1.88. The summed E-state index contributed by atoms with van der Waals surface area (Å²) < 4.78 is 0.427. The lowest BCUT2D eigenvalue weighted by atomic mass is 10.3. The Labute approximate surface area is 78.9 Å². The highest BCUT2D eigenvalue weighted by Gasteiger charge is 2.00. The Balaban J connectivity index is 2.96. The fourth-order valence-corrected chi connectivity index (χ4v) is 1.16. The normalized spacial score (nSPS) is 13.1. The van der Waals surface area contributed by atoms with E-state index in [9.17, 15) is 0 Å². The van der Waals surface area contributed by atoms with E-state index in [-0.39, 0.29) is 0 Å². The molecule has 0 N–H and O–H groups in total. The van der Waals surface area contributed by atoms with Crippen molar-refractivity contribution in [3.63, 3.8) is 0 Å². The lowest BCUT2D eigenvalue weighted by molar-refractivity contribution is 1.04. The molecule has 3 heteroatoms. The highest BCUT2D eigenvalue weighted by molar-refractivity contribution is 14.1. The van der Waals surface area contributed by atoms with Crippen LogP contribution in [0.5, 0.6) is 0 Å². The second kappa shape index (κ2) is 3.53. The van der Waals surface area contributed by atoms with Crippen LogP contribution in [0.2, 0.25) is 5.15 Å². The van der Waals surface area contributed by atoms with Crippen LogP contribution in [0, 0.1) is 0 Å². The molecule has 0 radical (unpaired) electrons. The van der Waals surface area contributed by atoms with Crippen molar-refractivity contribution < 1.29 is 0 Å². The zero-order valence-electron chi connectivity index (χ0n) is 5.51. The van der Waals surface area contributed by atoms with Gasteiger partial charge >= 0.3 is 0 Å². The van der Waals surface area contributed by atoms with Crippen LogP contribution >= 0.6 is 34.2 Å². The summed E-state index contributed by atoms with van der Waals surface area (Å²) >= 11 is 7.98. The molecule has 0 saturated carbocycles. The lowest BCUT2D eigenvalue weighted by Gasteiger charge is -2.00. The minimum absolute atomic E-state index is 0.427. The summed E-state index contributed by atoms with van der Waals surface area (Å²) in [4.78, 5) is 4.13. The van der Waals surface area contributed by atoms with E-state index in [4.69, 9.17) is 11.6 Å². The molecule has 1 heterocycles. The Bertz CT molecular complexity index is 225. The molecule has 0 fully saturated rings. The molecule has 0 aliphatic rings. The monoisotopic (exact) mass is 267 g/mol. The average molecular weight is 267 g/mol. The fraction of sp³-hybridized carbons (Fsp3) is 0.286. The molecule has 1 aromatic heterocycles. The number of rotatable bonds is 1. The van der Waals surface area contributed by atoms with Gasteiger partial charge in [0, 0.05) is 0 Å². The number of aromatic nitrogens is 1. The van der Waals surface area contributed by atoms with E-state index in [1.165, 1.54) is 0 Å². The van der Waals surface area contributed by atoms with Crippen molar-refractivity contribution in [1.29, 1.82) is 0 Å². The quantitative estimate of drug-likeness (QED) is 0.432. The largest absolute Gasteiger partial charge is 0.240 e. The van der Waals surface area contributed by atoms with E-state index < -0.39 is 0 Å². The van der Waals surface area contributed by atoms with Crippen LogP contribution in [0.3, 0.4) is 0 Å². The Morgan fingerprint density at radius 1 is 1.60 bits per heavy atom. The molecule has 0 spiro atoms. The van der Waals surface area contributed by atoms with Gasteiger partial charge in [-0.15, -0.1) is 0 Å². The van der Waals surface area contributed by atoms with Crippen molar-refractivity contribution in [1.82, 2.24) is 4.98 Å². The van der Waals surface area contributed by atoms with Gasteiger partial charge in [-0.2, -0.15) is 0 Å². The first-order chi connectivity index (χ1) is 4.70. The smallest absolute Gasteiger partial charge is 0.129 e. The Kier molecular flexibility index (Phi) is 2.92. The number of nitrogens with zero attached hydrogens (tertiary/aromatic N) is 1. The van der Waals surface area contributed by atoms with Crippen molar-refractivity contribution in [3.8, 4) is 0 Å². The van der Waals surface area contributed by atoms with Crippen LogP contribution < -0.4 is 0 Å². The van der Waals surface area contributed by atoms with Gasteiger partial charge in [0.25, 0.3) is 0 Å². The number of hydrogen-bond acceptors (Lipinski definition) is 1. The highest BCUT2D eigenvalue weighted by Crippen LogP contribution is 2.20. The third-order valence-corrected chi connectivity index (χ3v) is 1.99. The van der Waals surface area contributed by atoms with E-state index >= 15 is 0 Å². The van der Waals surface area contributed by atoms with Gasteiger partial charge in [0.2, 0.25) is 0 Å². The van der Waals surface area contributed by atoms with Gasteiger partial charge in [-0.05, 0) is 19.1 Å². The molecule has 0 saturated heterocycles. The number of alkyl halides is 1. The number of hydrogen-bond donors (Lipinski definition) is 0. The summed E-state index contributed by atoms with van der Waals surface area (Å²) in [6.07, 6.45) is 0. The van der Waals surface area contributed by atoms with Crippen molar-refractivity contribution in [2.45, 2.75) is 10.8 Å². The summed E-state index contributed by atoms with van der Waals surface area (Å²) in [5, 5.41) is 0.570. The van der Waals surface area contributed by atoms with E-state index in [0.29, 0.717) is 9.08 Å². The second-order valence-corrected chi connectivity index (χ2v) is 4.26. The molecule has 1 atom stereocenters.